The summed E-state index contributed by atoms with van der Waals surface area (Å²) in [5.74, 6) is 2.56. The number of rotatable bonds is 3. The van der Waals surface area contributed by atoms with Gasteiger partial charge in [-0.3, -0.25) is 9.80 Å². The quantitative estimate of drug-likeness (QED) is 0.823. The number of nitrogens with one attached hydrogen (secondary N) is 1. The van der Waals surface area contributed by atoms with Gasteiger partial charge >= 0.3 is 0 Å². The van der Waals surface area contributed by atoms with Crippen molar-refractivity contribution in [3.63, 3.8) is 0 Å². The minimum atomic E-state index is 0. The van der Waals surface area contributed by atoms with E-state index in [1.54, 1.807) is 7.11 Å². The summed E-state index contributed by atoms with van der Waals surface area (Å²) >= 11 is 0. The molecule has 3 atom stereocenters. The summed E-state index contributed by atoms with van der Waals surface area (Å²) in [6.07, 6.45) is 5.48. The molecule has 27 heavy (non-hydrogen) atoms. The van der Waals surface area contributed by atoms with Crippen LogP contribution in [0.3, 0.4) is 0 Å². The summed E-state index contributed by atoms with van der Waals surface area (Å²) in [5, 5.41) is 3.55. The van der Waals surface area contributed by atoms with Crippen LogP contribution in [0.4, 0.5) is 0 Å². The average molecular weight is 414 g/mol. The summed E-state index contributed by atoms with van der Waals surface area (Å²) in [4.78, 5) is 5.76. The van der Waals surface area contributed by atoms with E-state index in [4.69, 9.17) is 4.74 Å². The zero-order valence-electron chi connectivity index (χ0n) is 16.2. The van der Waals surface area contributed by atoms with E-state index in [2.05, 4.69) is 39.4 Å². The monoisotopic (exact) mass is 413 g/mol. The molecule has 5 fully saturated rings. The van der Waals surface area contributed by atoms with Crippen molar-refractivity contribution in [2.45, 2.75) is 49.7 Å². The molecule has 1 N–H and O–H groups in total. The van der Waals surface area contributed by atoms with Gasteiger partial charge in [-0.2, -0.15) is 0 Å². The molecule has 0 saturated carbocycles. The van der Waals surface area contributed by atoms with Crippen LogP contribution < -0.4 is 10.1 Å². The molecule has 0 aliphatic carbocycles. The fraction of sp³-hybridized carbons (Fsp3) is 0.714. The molecule has 1 aromatic carbocycles. The van der Waals surface area contributed by atoms with Gasteiger partial charge in [-0.25, -0.2) is 0 Å². The molecular weight excluding hydrogens is 381 g/mol. The van der Waals surface area contributed by atoms with Crippen molar-refractivity contribution in [2.75, 3.05) is 39.8 Å². The van der Waals surface area contributed by atoms with E-state index in [1.807, 2.05) is 0 Å². The third-order valence-corrected chi connectivity index (χ3v) is 7.35. The minimum absolute atomic E-state index is 0. The van der Waals surface area contributed by atoms with Gasteiger partial charge in [0, 0.05) is 30.6 Å². The Morgan fingerprint density at radius 3 is 2.22 bits per heavy atom. The molecule has 5 aliphatic rings. The first-order chi connectivity index (χ1) is 12.3. The Labute approximate surface area is 175 Å². The zero-order chi connectivity index (χ0) is 16.8. The predicted molar refractivity (Wildman–Crippen MR) is 115 cm³/mol. The van der Waals surface area contributed by atoms with E-state index in [9.17, 15) is 0 Å². The highest BCUT2D eigenvalue weighted by Gasteiger charge is 2.54. The van der Waals surface area contributed by atoms with Crippen molar-refractivity contribution >= 4 is 24.8 Å². The van der Waals surface area contributed by atoms with Gasteiger partial charge in [0.2, 0.25) is 0 Å². The largest absolute Gasteiger partial charge is 0.497 e. The number of ether oxygens (including phenoxy) is 1. The maximum atomic E-state index is 5.38. The lowest BCUT2D eigenvalue weighted by atomic mass is 9.75. The number of hydrogen-bond acceptors (Lipinski definition) is 4. The van der Waals surface area contributed by atoms with E-state index in [0.29, 0.717) is 5.92 Å². The van der Waals surface area contributed by atoms with E-state index in [-0.39, 0.29) is 24.8 Å². The fourth-order valence-corrected chi connectivity index (χ4v) is 6.15. The Hall–Kier alpha value is -0.520. The molecular formula is C21H33Cl2N3O. The Bertz CT molecular complexity index is 600. The van der Waals surface area contributed by atoms with Crippen LogP contribution in [0.5, 0.6) is 5.75 Å². The summed E-state index contributed by atoms with van der Waals surface area (Å²) in [6.45, 7) is 6.27. The summed E-state index contributed by atoms with van der Waals surface area (Å²) in [5.41, 5.74) is 1.51. The maximum Gasteiger partial charge on any atom is 0.118 e. The van der Waals surface area contributed by atoms with E-state index in [1.165, 1.54) is 64.0 Å². The van der Waals surface area contributed by atoms with Crippen LogP contribution >= 0.6 is 24.8 Å². The molecule has 0 radical (unpaired) electrons. The summed E-state index contributed by atoms with van der Waals surface area (Å²) in [7, 11) is 1.76. The molecule has 4 nitrogen and oxygen atoms in total. The van der Waals surface area contributed by atoms with Crippen molar-refractivity contribution in [1.82, 2.24) is 15.1 Å². The second kappa shape index (κ2) is 8.87. The third-order valence-electron chi connectivity index (χ3n) is 7.35. The number of nitrogens with zero attached hydrogens (tertiary/aromatic N) is 2. The zero-order valence-corrected chi connectivity index (χ0v) is 17.8. The van der Waals surface area contributed by atoms with Crippen LogP contribution in [0.1, 0.15) is 37.2 Å². The van der Waals surface area contributed by atoms with Gasteiger partial charge in [0.1, 0.15) is 5.75 Å². The first-order valence-corrected chi connectivity index (χ1v) is 10.2. The van der Waals surface area contributed by atoms with Crippen molar-refractivity contribution in [3.8, 4) is 5.75 Å². The van der Waals surface area contributed by atoms with Crippen LogP contribution in [0, 0.1) is 5.92 Å². The Morgan fingerprint density at radius 2 is 1.59 bits per heavy atom. The standard InChI is InChI=1S/C21H31N3O.2ClH/c1-25-18-4-2-15(3-5-18)19-14-24(17-6-10-22-11-7-17)20-16-8-12-23(13-9-16)21(19)20;;/h2-5,16-17,19-22H,6-14H2,1H3;2*1H/t19-,20+,21+;;/m0../s1. The Kier molecular flexibility index (Phi) is 6.97. The minimum Gasteiger partial charge on any atom is -0.497 e. The Morgan fingerprint density at radius 1 is 0.926 bits per heavy atom. The van der Waals surface area contributed by atoms with Crippen LogP contribution in [-0.2, 0) is 0 Å². The number of likely N-dealkylation sites (tertiary alicyclic amines) is 1. The molecule has 2 bridgehead atoms. The molecule has 6 rings (SSSR count). The SMILES string of the molecule is COc1ccc([C@@H]2CN(C3CCNCC3)[C@@H]3C4CCN(CC4)[C@@H]32)cc1.Cl.Cl. The average Bonchev–Trinajstić information content (AvgIpc) is 3.12. The number of methoxy groups -OCH3 is 1. The Balaban J connectivity index is 0.00000105. The van der Waals surface area contributed by atoms with E-state index < -0.39 is 0 Å². The number of piperidine rings is 4. The first-order valence-electron chi connectivity index (χ1n) is 10.2. The van der Waals surface area contributed by atoms with Gasteiger partial charge in [-0.05, 0) is 75.5 Å². The lowest BCUT2D eigenvalue weighted by molar-refractivity contribution is -0.0223. The number of benzene rings is 1. The highest BCUT2D eigenvalue weighted by atomic mass is 35.5. The first kappa shape index (κ1) is 21.2. The molecule has 5 saturated heterocycles. The van der Waals surface area contributed by atoms with Crippen molar-refractivity contribution < 1.29 is 4.74 Å². The summed E-state index contributed by atoms with van der Waals surface area (Å²) < 4.78 is 5.38. The molecule has 5 heterocycles. The number of fused-ring (bicyclic) bond motifs is 2. The second-order valence-corrected chi connectivity index (χ2v) is 8.41. The maximum absolute atomic E-state index is 5.38. The smallest absolute Gasteiger partial charge is 0.118 e. The molecule has 5 aliphatic heterocycles. The lowest BCUT2D eigenvalue weighted by Gasteiger charge is -2.52. The second-order valence-electron chi connectivity index (χ2n) is 8.41. The lowest BCUT2D eigenvalue weighted by Crippen LogP contribution is -2.61. The molecule has 6 heteroatoms. The topological polar surface area (TPSA) is 27.7 Å². The summed E-state index contributed by atoms with van der Waals surface area (Å²) in [6, 6.07) is 11.2. The van der Waals surface area contributed by atoms with Gasteiger partial charge in [0.25, 0.3) is 0 Å². The van der Waals surface area contributed by atoms with Gasteiger partial charge in [-0.1, -0.05) is 12.1 Å². The van der Waals surface area contributed by atoms with Crippen LogP contribution in [0.2, 0.25) is 0 Å². The van der Waals surface area contributed by atoms with Crippen LogP contribution in [0.25, 0.3) is 0 Å². The van der Waals surface area contributed by atoms with E-state index >= 15 is 0 Å². The van der Waals surface area contributed by atoms with Gasteiger partial charge < -0.3 is 10.1 Å². The van der Waals surface area contributed by atoms with Crippen LogP contribution in [-0.4, -0.2) is 67.8 Å². The van der Waals surface area contributed by atoms with Crippen LogP contribution in [0.15, 0.2) is 24.3 Å². The molecule has 1 aromatic rings. The molecule has 0 amide bonds. The fourth-order valence-electron chi connectivity index (χ4n) is 6.15. The van der Waals surface area contributed by atoms with E-state index in [0.717, 1.165) is 29.8 Å². The van der Waals surface area contributed by atoms with Gasteiger partial charge in [0.05, 0.1) is 7.11 Å². The van der Waals surface area contributed by atoms with Crippen molar-refractivity contribution in [3.05, 3.63) is 29.8 Å². The van der Waals surface area contributed by atoms with Crippen molar-refractivity contribution in [1.29, 1.82) is 0 Å². The number of hydrogen-bond donors (Lipinski definition) is 1. The van der Waals surface area contributed by atoms with Gasteiger partial charge in [-0.15, -0.1) is 24.8 Å². The molecule has 0 unspecified atom stereocenters. The third kappa shape index (κ3) is 3.72. The number of halogens is 2. The highest BCUT2D eigenvalue weighted by Crippen LogP contribution is 2.48. The normalized spacial score (nSPS) is 35.8. The predicted octanol–water partition coefficient (Wildman–Crippen LogP) is 3.15. The molecule has 152 valence electrons. The highest BCUT2D eigenvalue weighted by molar-refractivity contribution is 5.85. The van der Waals surface area contributed by atoms with Crippen molar-refractivity contribution in [2.24, 2.45) is 5.92 Å². The molecule has 0 aromatic heterocycles. The van der Waals surface area contributed by atoms with Gasteiger partial charge in [0.15, 0.2) is 0 Å². The molecule has 0 spiro atoms.